The Morgan fingerprint density at radius 1 is 0.923 bits per heavy atom. The molecule has 0 aliphatic carbocycles. The van der Waals surface area contributed by atoms with Crippen LogP contribution in [0.3, 0.4) is 0 Å². The Kier molecular flexibility index (Phi) is 7.35. The number of ether oxygens (including phenoxy) is 4. The second-order valence-corrected chi connectivity index (χ2v) is 7.30. The van der Waals surface area contributed by atoms with E-state index < -0.39 is 18.3 Å². The molecule has 0 amide bonds. The predicted octanol–water partition coefficient (Wildman–Crippen LogP) is 2.43. The van der Waals surface area contributed by atoms with Crippen LogP contribution in [0.15, 0.2) is 18.2 Å². The van der Waals surface area contributed by atoms with Gasteiger partial charge in [0.15, 0.2) is 0 Å². The highest BCUT2D eigenvalue weighted by molar-refractivity contribution is 6.63. The van der Waals surface area contributed by atoms with Gasteiger partial charge in [0.05, 0.1) is 24.9 Å². The zero-order valence-corrected chi connectivity index (χ0v) is 16.8. The quantitative estimate of drug-likeness (QED) is 0.468. The van der Waals surface area contributed by atoms with E-state index in [-0.39, 0.29) is 0 Å². The van der Waals surface area contributed by atoms with Crippen LogP contribution in [0, 0.1) is 0 Å². The molecule has 0 unspecified atom stereocenters. The summed E-state index contributed by atoms with van der Waals surface area (Å²) in [7, 11) is 2.81. The van der Waals surface area contributed by atoms with Crippen molar-refractivity contribution >= 4 is 12.6 Å². The van der Waals surface area contributed by atoms with Crippen LogP contribution >= 0.6 is 0 Å². The zero-order chi connectivity index (χ0) is 19.2. The average molecular weight is 366 g/mol. The minimum atomic E-state index is -0.507. The van der Waals surface area contributed by atoms with Crippen LogP contribution < -0.4 is 14.9 Å². The molecular formula is C19H31BO6. The van der Waals surface area contributed by atoms with Crippen molar-refractivity contribution in [3.63, 3.8) is 0 Å². The molecule has 1 aliphatic rings. The predicted molar refractivity (Wildman–Crippen MR) is 102 cm³/mol. The lowest BCUT2D eigenvalue weighted by molar-refractivity contribution is 0.00578. The zero-order valence-electron chi connectivity index (χ0n) is 16.8. The van der Waals surface area contributed by atoms with Crippen LogP contribution in [-0.4, -0.2) is 59.0 Å². The first-order chi connectivity index (χ1) is 12.3. The van der Waals surface area contributed by atoms with E-state index in [1.165, 1.54) is 0 Å². The Hall–Kier alpha value is -1.28. The molecule has 0 spiro atoms. The van der Waals surface area contributed by atoms with Gasteiger partial charge in [-0.3, -0.25) is 0 Å². The standard InChI is InChI=1S/C19H31BO6/c1-18(2)19(3,4)26-20(25-18)16-14-15(22-6)8-9-17(16)24-13-12-23-11-7-10-21-5/h8-9,14H,7,10-13H2,1-6H3. The summed E-state index contributed by atoms with van der Waals surface area (Å²) >= 11 is 0. The van der Waals surface area contributed by atoms with Crippen LogP contribution in [0.2, 0.25) is 0 Å². The van der Waals surface area contributed by atoms with E-state index in [9.17, 15) is 0 Å². The minimum absolute atomic E-state index is 0.414. The van der Waals surface area contributed by atoms with E-state index >= 15 is 0 Å². The molecule has 1 aromatic carbocycles. The van der Waals surface area contributed by atoms with Gasteiger partial charge in [0.1, 0.15) is 18.1 Å². The molecular weight excluding hydrogens is 335 g/mol. The molecule has 146 valence electrons. The van der Waals surface area contributed by atoms with Gasteiger partial charge < -0.3 is 28.3 Å². The summed E-state index contributed by atoms with van der Waals surface area (Å²) in [4.78, 5) is 0. The number of methoxy groups -OCH3 is 2. The molecule has 7 heteroatoms. The molecule has 1 saturated heterocycles. The van der Waals surface area contributed by atoms with Gasteiger partial charge in [-0.25, -0.2) is 0 Å². The van der Waals surface area contributed by atoms with Gasteiger partial charge in [0.25, 0.3) is 0 Å². The number of hydrogen-bond acceptors (Lipinski definition) is 6. The Balaban J connectivity index is 2.01. The molecule has 1 aliphatic heterocycles. The average Bonchev–Trinajstić information content (AvgIpc) is 2.81. The molecule has 0 saturated carbocycles. The van der Waals surface area contributed by atoms with Gasteiger partial charge in [-0.05, 0) is 52.3 Å². The van der Waals surface area contributed by atoms with Gasteiger partial charge in [-0.2, -0.15) is 0 Å². The van der Waals surface area contributed by atoms with E-state index in [1.54, 1.807) is 14.2 Å². The SMILES string of the molecule is COCCCOCCOc1ccc(OC)cc1B1OC(C)(C)C(C)(C)O1. The molecule has 0 atom stereocenters. The van der Waals surface area contributed by atoms with Gasteiger partial charge in [0.2, 0.25) is 0 Å². The van der Waals surface area contributed by atoms with Crippen molar-refractivity contribution in [2.45, 2.75) is 45.3 Å². The van der Waals surface area contributed by atoms with Gasteiger partial charge in [-0.15, -0.1) is 0 Å². The highest BCUT2D eigenvalue weighted by atomic mass is 16.7. The summed E-state index contributed by atoms with van der Waals surface area (Å²) in [6.07, 6.45) is 0.873. The number of benzene rings is 1. The fraction of sp³-hybridized carbons (Fsp3) is 0.684. The highest BCUT2D eigenvalue weighted by Gasteiger charge is 2.52. The molecule has 0 radical (unpaired) electrons. The van der Waals surface area contributed by atoms with Crippen molar-refractivity contribution in [3.8, 4) is 11.5 Å². The van der Waals surface area contributed by atoms with Crippen molar-refractivity contribution in [1.82, 2.24) is 0 Å². The maximum Gasteiger partial charge on any atom is 0.498 e. The highest BCUT2D eigenvalue weighted by Crippen LogP contribution is 2.37. The first-order valence-electron chi connectivity index (χ1n) is 9.04. The molecule has 1 heterocycles. The third-order valence-electron chi connectivity index (χ3n) is 4.85. The molecule has 0 aromatic heterocycles. The second kappa shape index (κ2) is 9.08. The molecule has 2 rings (SSSR count). The van der Waals surface area contributed by atoms with Crippen molar-refractivity contribution in [2.24, 2.45) is 0 Å². The third kappa shape index (κ3) is 5.13. The van der Waals surface area contributed by atoms with Crippen LogP contribution in [0.25, 0.3) is 0 Å². The van der Waals surface area contributed by atoms with Crippen LogP contribution in [0.4, 0.5) is 0 Å². The first kappa shape index (κ1) is 21.0. The van der Waals surface area contributed by atoms with E-state index in [1.807, 2.05) is 45.9 Å². The third-order valence-corrected chi connectivity index (χ3v) is 4.85. The fourth-order valence-electron chi connectivity index (χ4n) is 2.56. The maximum atomic E-state index is 6.16. The van der Waals surface area contributed by atoms with Crippen molar-refractivity contribution in [3.05, 3.63) is 18.2 Å². The molecule has 0 bridgehead atoms. The topological polar surface area (TPSA) is 55.4 Å². The van der Waals surface area contributed by atoms with E-state index in [4.69, 9.17) is 28.3 Å². The Morgan fingerprint density at radius 3 is 2.23 bits per heavy atom. The van der Waals surface area contributed by atoms with E-state index in [0.29, 0.717) is 32.2 Å². The summed E-state index contributed by atoms with van der Waals surface area (Å²) in [6, 6.07) is 5.64. The lowest BCUT2D eigenvalue weighted by Gasteiger charge is -2.32. The smallest absolute Gasteiger partial charge is 0.497 e. The number of rotatable bonds is 10. The van der Waals surface area contributed by atoms with Crippen LogP contribution in [-0.2, 0) is 18.8 Å². The van der Waals surface area contributed by atoms with Crippen molar-refractivity contribution in [2.75, 3.05) is 40.6 Å². The molecule has 1 aromatic rings. The lowest BCUT2D eigenvalue weighted by Crippen LogP contribution is -2.41. The maximum absolute atomic E-state index is 6.16. The van der Waals surface area contributed by atoms with Crippen LogP contribution in [0.5, 0.6) is 11.5 Å². The second-order valence-electron chi connectivity index (χ2n) is 7.30. The van der Waals surface area contributed by atoms with Crippen molar-refractivity contribution in [1.29, 1.82) is 0 Å². The van der Waals surface area contributed by atoms with Crippen LogP contribution in [0.1, 0.15) is 34.1 Å². The summed E-state index contributed by atoms with van der Waals surface area (Å²) in [6.45, 7) is 10.4. The Morgan fingerprint density at radius 2 is 1.62 bits per heavy atom. The summed E-state index contributed by atoms with van der Waals surface area (Å²) in [5, 5.41) is 0. The molecule has 6 nitrogen and oxygen atoms in total. The van der Waals surface area contributed by atoms with Gasteiger partial charge in [0, 0.05) is 25.8 Å². The molecule has 26 heavy (non-hydrogen) atoms. The Labute approximate surface area is 157 Å². The minimum Gasteiger partial charge on any atom is -0.497 e. The normalized spacial score (nSPS) is 18.2. The summed E-state index contributed by atoms with van der Waals surface area (Å²) in [5.74, 6) is 1.45. The van der Waals surface area contributed by atoms with Gasteiger partial charge >= 0.3 is 7.12 Å². The molecule has 0 N–H and O–H groups in total. The summed E-state index contributed by atoms with van der Waals surface area (Å²) in [5.41, 5.74) is -0.00678. The first-order valence-corrected chi connectivity index (χ1v) is 9.04. The Bertz CT molecular complexity index is 559. The number of hydrogen-bond donors (Lipinski definition) is 0. The summed E-state index contributed by atoms with van der Waals surface area (Å²) < 4.78 is 34.1. The lowest BCUT2D eigenvalue weighted by atomic mass is 9.78. The largest absolute Gasteiger partial charge is 0.498 e. The van der Waals surface area contributed by atoms with Crippen molar-refractivity contribution < 1.29 is 28.3 Å². The van der Waals surface area contributed by atoms with Gasteiger partial charge in [-0.1, -0.05) is 0 Å². The molecule has 1 fully saturated rings. The van der Waals surface area contributed by atoms with E-state index in [2.05, 4.69) is 0 Å². The monoisotopic (exact) mass is 366 g/mol. The fourth-order valence-corrected chi connectivity index (χ4v) is 2.56. The van der Waals surface area contributed by atoms with E-state index in [0.717, 1.165) is 17.6 Å².